The molecule has 0 radical (unpaired) electrons. The Hall–Kier alpha value is -3.34. The Morgan fingerprint density at radius 3 is 2.89 bits per heavy atom. The number of imide groups is 1. The molecule has 1 aliphatic heterocycles. The highest BCUT2D eigenvalue weighted by atomic mass is 16.2. The van der Waals surface area contributed by atoms with Crippen LogP contribution in [-0.4, -0.2) is 16.4 Å². The standard InChI is InChI=1S/C23H21N3O2/c1-23(11-10-21(27)25-22(23)28)26-13-17-6-3-7-20(19(17)14-26)24-18-9-8-15-4-2-5-16(15)12-18/h2-3,5-9,12-14,24H,4,10-11H2,1H3,(H,25,27,28)/t23-/m0/s1. The van der Waals surface area contributed by atoms with E-state index in [9.17, 15) is 9.59 Å². The number of nitrogens with one attached hydrogen (secondary N) is 2. The molecule has 1 saturated heterocycles. The molecule has 3 aromatic rings. The number of carbonyl (C=O) groups excluding carboxylic acids is 2. The zero-order chi connectivity index (χ0) is 19.3. The molecule has 2 aliphatic rings. The topological polar surface area (TPSA) is 63.1 Å². The van der Waals surface area contributed by atoms with Crippen molar-refractivity contribution in [1.82, 2.24) is 9.88 Å². The highest BCUT2D eigenvalue weighted by Crippen LogP contribution is 2.34. The number of hydrogen-bond donors (Lipinski definition) is 2. The molecule has 1 aromatic heterocycles. The second-order valence-corrected chi connectivity index (χ2v) is 7.77. The molecule has 2 amide bonds. The molecule has 1 fully saturated rings. The molecule has 0 bridgehead atoms. The first-order valence-corrected chi connectivity index (χ1v) is 9.55. The Balaban J connectivity index is 1.52. The van der Waals surface area contributed by atoms with Gasteiger partial charge in [-0.05, 0) is 49.1 Å². The van der Waals surface area contributed by atoms with Crippen LogP contribution in [0, 0.1) is 0 Å². The van der Waals surface area contributed by atoms with Crippen LogP contribution < -0.4 is 10.6 Å². The van der Waals surface area contributed by atoms with Gasteiger partial charge in [0.1, 0.15) is 5.54 Å². The Morgan fingerprint density at radius 1 is 1.14 bits per heavy atom. The zero-order valence-electron chi connectivity index (χ0n) is 15.7. The van der Waals surface area contributed by atoms with Crippen molar-refractivity contribution in [2.45, 2.75) is 31.7 Å². The van der Waals surface area contributed by atoms with E-state index < -0.39 is 5.54 Å². The maximum atomic E-state index is 12.5. The summed E-state index contributed by atoms with van der Waals surface area (Å²) in [7, 11) is 0. The molecule has 2 aromatic carbocycles. The van der Waals surface area contributed by atoms with Gasteiger partial charge in [0.05, 0.1) is 0 Å². The number of benzene rings is 2. The number of rotatable bonds is 3. The van der Waals surface area contributed by atoms with Gasteiger partial charge in [-0.2, -0.15) is 0 Å². The van der Waals surface area contributed by atoms with Crippen molar-refractivity contribution >= 4 is 40.0 Å². The highest BCUT2D eigenvalue weighted by molar-refractivity contribution is 6.02. The summed E-state index contributed by atoms with van der Waals surface area (Å²) in [4.78, 5) is 24.1. The van der Waals surface area contributed by atoms with Crippen molar-refractivity contribution in [2.24, 2.45) is 0 Å². The molecule has 28 heavy (non-hydrogen) atoms. The molecule has 2 heterocycles. The van der Waals surface area contributed by atoms with Crippen LogP contribution in [0.5, 0.6) is 0 Å². The number of fused-ring (bicyclic) bond motifs is 2. The number of nitrogens with zero attached hydrogens (tertiary/aromatic N) is 1. The minimum atomic E-state index is -0.761. The highest BCUT2D eigenvalue weighted by Gasteiger charge is 2.39. The van der Waals surface area contributed by atoms with Gasteiger partial charge in [-0.25, -0.2) is 0 Å². The second-order valence-electron chi connectivity index (χ2n) is 7.77. The van der Waals surface area contributed by atoms with Gasteiger partial charge in [0.25, 0.3) is 5.91 Å². The molecule has 0 saturated carbocycles. The summed E-state index contributed by atoms with van der Waals surface area (Å²) in [5.41, 5.74) is 3.88. The van der Waals surface area contributed by atoms with E-state index in [2.05, 4.69) is 41.0 Å². The predicted octanol–water partition coefficient (Wildman–Crippen LogP) is 4.11. The molecule has 0 spiro atoms. The van der Waals surface area contributed by atoms with E-state index in [4.69, 9.17) is 0 Å². The van der Waals surface area contributed by atoms with Crippen molar-refractivity contribution in [2.75, 3.05) is 5.32 Å². The van der Waals surface area contributed by atoms with Gasteiger partial charge in [0.2, 0.25) is 5.91 Å². The molecule has 5 nitrogen and oxygen atoms in total. The first-order chi connectivity index (χ1) is 13.5. The van der Waals surface area contributed by atoms with Gasteiger partial charge in [0.15, 0.2) is 0 Å². The van der Waals surface area contributed by atoms with Gasteiger partial charge < -0.3 is 9.88 Å². The fraction of sp³-hybridized carbons (Fsp3) is 0.217. The molecule has 140 valence electrons. The number of piperidine rings is 1. The van der Waals surface area contributed by atoms with Crippen LogP contribution in [0.3, 0.4) is 0 Å². The lowest BCUT2D eigenvalue weighted by Gasteiger charge is -2.33. The second kappa shape index (κ2) is 6.09. The number of aromatic nitrogens is 1. The van der Waals surface area contributed by atoms with E-state index in [0.29, 0.717) is 12.8 Å². The van der Waals surface area contributed by atoms with Crippen LogP contribution >= 0.6 is 0 Å². The lowest BCUT2D eigenvalue weighted by molar-refractivity contribution is -0.140. The summed E-state index contributed by atoms with van der Waals surface area (Å²) in [6, 6.07) is 12.5. The number of amides is 2. The molecule has 5 rings (SSSR count). The van der Waals surface area contributed by atoms with E-state index in [1.54, 1.807) is 0 Å². The first-order valence-electron chi connectivity index (χ1n) is 9.55. The van der Waals surface area contributed by atoms with Crippen LogP contribution in [0.2, 0.25) is 0 Å². The third kappa shape index (κ3) is 2.62. The van der Waals surface area contributed by atoms with Crippen LogP contribution in [-0.2, 0) is 21.5 Å². The molecule has 1 aliphatic carbocycles. The Bertz CT molecular complexity index is 1160. The summed E-state index contributed by atoms with van der Waals surface area (Å²) in [5.74, 6) is -0.448. The third-order valence-electron chi connectivity index (χ3n) is 5.90. The van der Waals surface area contributed by atoms with Crippen LogP contribution in [0.1, 0.15) is 30.9 Å². The lowest BCUT2D eigenvalue weighted by atomic mass is 9.91. The largest absolute Gasteiger partial charge is 0.355 e. The van der Waals surface area contributed by atoms with E-state index in [0.717, 1.165) is 28.6 Å². The Kier molecular flexibility index (Phi) is 3.66. The number of hydrogen-bond acceptors (Lipinski definition) is 3. The smallest absolute Gasteiger partial charge is 0.252 e. The molecular formula is C23H21N3O2. The first kappa shape index (κ1) is 16.8. The number of allylic oxidation sites excluding steroid dienone is 1. The molecule has 5 heteroatoms. The quantitative estimate of drug-likeness (QED) is 0.681. The minimum Gasteiger partial charge on any atom is -0.355 e. The van der Waals surface area contributed by atoms with Gasteiger partial charge in [-0.1, -0.05) is 30.4 Å². The van der Waals surface area contributed by atoms with Crippen molar-refractivity contribution in [1.29, 1.82) is 0 Å². The summed E-state index contributed by atoms with van der Waals surface area (Å²) >= 11 is 0. The van der Waals surface area contributed by atoms with Crippen molar-refractivity contribution < 1.29 is 9.59 Å². The fourth-order valence-electron chi connectivity index (χ4n) is 4.08. The molecular weight excluding hydrogens is 350 g/mol. The van der Waals surface area contributed by atoms with Crippen molar-refractivity contribution in [3.63, 3.8) is 0 Å². The maximum Gasteiger partial charge on any atom is 0.252 e. The summed E-state index contributed by atoms with van der Waals surface area (Å²) in [6.45, 7) is 1.88. The van der Waals surface area contributed by atoms with Crippen LogP contribution in [0.15, 0.2) is 54.9 Å². The predicted molar refractivity (Wildman–Crippen MR) is 110 cm³/mol. The summed E-state index contributed by atoms with van der Waals surface area (Å²) < 4.78 is 1.94. The normalized spacial score (nSPS) is 21.0. The average molecular weight is 371 g/mol. The molecule has 1 atom stereocenters. The number of carbonyl (C=O) groups is 2. The van der Waals surface area contributed by atoms with Gasteiger partial charge >= 0.3 is 0 Å². The minimum absolute atomic E-state index is 0.202. The molecule has 2 N–H and O–H groups in total. The monoisotopic (exact) mass is 371 g/mol. The van der Waals surface area contributed by atoms with Gasteiger partial charge in [-0.15, -0.1) is 0 Å². The van der Waals surface area contributed by atoms with E-state index in [-0.39, 0.29) is 11.8 Å². The Labute approximate surface area is 163 Å². The average Bonchev–Trinajstić information content (AvgIpc) is 3.32. The Morgan fingerprint density at radius 2 is 2.04 bits per heavy atom. The maximum absolute atomic E-state index is 12.5. The van der Waals surface area contributed by atoms with E-state index >= 15 is 0 Å². The van der Waals surface area contributed by atoms with Crippen LogP contribution in [0.4, 0.5) is 11.4 Å². The third-order valence-corrected chi connectivity index (χ3v) is 5.90. The number of anilines is 2. The zero-order valence-corrected chi connectivity index (χ0v) is 15.7. The summed E-state index contributed by atoms with van der Waals surface area (Å²) in [5, 5.41) is 8.09. The van der Waals surface area contributed by atoms with Crippen LogP contribution in [0.25, 0.3) is 16.8 Å². The lowest BCUT2D eigenvalue weighted by Crippen LogP contribution is -2.52. The fourth-order valence-corrected chi connectivity index (χ4v) is 4.08. The van der Waals surface area contributed by atoms with E-state index in [1.807, 2.05) is 42.1 Å². The van der Waals surface area contributed by atoms with Crippen molar-refractivity contribution in [3.8, 4) is 0 Å². The SMILES string of the molecule is C[C@]1(n2cc3cccc(Nc4ccc5c(c4)C=CC5)c3c2)CCC(=O)NC1=O. The van der Waals surface area contributed by atoms with Gasteiger partial charge in [-0.3, -0.25) is 14.9 Å². The van der Waals surface area contributed by atoms with Crippen molar-refractivity contribution in [3.05, 3.63) is 66.0 Å². The summed E-state index contributed by atoms with van der Waals surface area (Å²) in [6.07, 6.45) is 10.2. The van der Waals surface area contributed by atoms with Gasteiger partial charge in [0, 0.05) is 41.0 Å². The van der Waals surface area contributed by atoms with E-state index in [1.165, 1.54) is 11.1 Å². The molecule has 0 unspecified atom stereocenters.